The van der Waals surface area contributed by atoms with E-state index in [1.54, 1.807) is 0 Å². The number of nitrogens with zero attached hydrogens (tertiary/aromatic N) is 3. The van der Waals surface area contributed by atoms with Crippen molar-refractivity contribution in [3.8, 4) is 6.07 Å². The number of carbonyl (C=O) groups is 1. The van der Waals surface area contributed by atoms with Gasteiger partial charge in [0, 0.05) is 43.2 Å². The van der Waals surface area contributed by atoms with E-state index in [2.05, 4.69) is 6.07 Å². The van der Waals surface area contributed by atoms with Gasteiger partial charge in [-0.3, -0.25) is 9.69 Å². The highest BCUT2D eigenvalue weighted by Gasteiger charge is 2.40. The van der Waals surface area contributed by atoms with E-state index in [9.17, 15) is 10.1 Å². The van der Waals surface area contributed by atoms with Gasteiger partial charge in [-0.1, -0.05) is 30.3 Å². The molecule has 29 heavy (non-hydrogen) atoms. The molecule has 0 aromatic heterocycles. The van der Waals surface area contributed by atoms with Crippen LogP contribution in [0.2, 0.25) is 0 Å². The van der Waals surface area contributed by atoms with E-state index in [-0.39, 0.29) is 5.78 Å². The molecule has 0 bridgehead atoms. The summed E-state index contributed by atoms with van der Waals surface area (Å²) in [5, 5.41) is 10.0. The van der Waals surface area contributed by atoms with Crippen molar-refractivity contribution in [1.29, 1.82) is 5.26 Å². The van der Waals surface area contributed by atoms with Crippen LogP contribution in [0.25, 0.3) is 0 Å². The molecule has 1 unspecified atom stereocenters. The fourth-order valence-corrected chi connectivity index (χ4v) is 4.26. The number of allylic oxidation sites excluding steroid dienone is 3. The number of hydrogen-bond donors (Lipinski definition) is 1. The van der Waals surface area contributed by atoms with E-state index >= 15 is 0 Å². The third kappa shape index (κ3) is 3.17. The lowest BCUT2D eigenvalue weighted by atomic mass is 9.75. The number of benzene rings is 2. The van der Waals surface area contributed by atoms with Gasteiger partial charge >= 0.3 is 0 Å². The highest BCUT2D eigenvalue weighted by molar-refractivity contribution is 6.01. The predicted octanol–water partition coefficient (Wildman–Crippen LogP) is 4.06. The molecule has 0 fully saturated rings. The van der Waals surface area contributed by atoms with Crippen LogP contribution in [0, 0.1) is 11.3 Å². The lowest BCUT2D eigenvalue weighted by Gasteiger charge is -2.39. The maximum Gasteiger partial charge on any atom is 0.161 e. The summed E-state index contributed by atoms with van der Waals surface area (Å²) in [7, 11) is 3.97. The number of hydrogen-bond acceptors (Lipinski definition) is 5. The lowest BCUT2D eigenvalue weighted by molar-refractivity contribution is -0.116. The van der Waals surface area contributed by atoms with Gasteiger partial charge in [0.1, 0.15) is 5.82 Å². The zero-order chi connectivity index (χ0) is 20.5. The molecule has 0 spiro atoms. The maximum absolute atomic E-state index is 13.1. The molecule has 2 aromatic carbocycles. The van der Waals surface area contributed by atoms with Crippen LogP contribution < -0.4 is 15.5 Å². The number of rotatable bonds is 3. The summed E-state index contributed by atoms with van der Waals surface area (Å²) in [6.45, 7) is 0. The van der Waals surface area contributed by atoms with Crippen molar-refractivity contribution in [3.05, 3.63) is 82.8 Å². The van der Waals surface area contributed by atoms with Crippen molar-refractivity contribution in [2.24, 2.45) is 5.73 Å². The average Bonchev–Trinajstić information content (AvgIpc) is 2.74. The second-order valence-corrected chi connectivity index (χ2v) is 7.64. The molecule has 4 rings (SSSR count). The van der Waals surface area contributed by atoms with Crippen molar-refractivity contribution in [2.45, 2.75) is 25.2 Å². The van der Waals surface area contributed by atoms with Gasteiger partial charge in [-0.25, -0.2) is 0 Å². The number of para-hydroxylation sites is 1. The van der Waals surface area contributed by atoms with Gasteiger partial charge in [-0.05, 0) is 42.7 Å². The fourth-order valence-electron chi connectivity index (χ4n) is 4.26. The Kier molecular flexibility index (Phi) is 4.85. The molecule has 0 saturated heterocycles. The molecule has 1 aliphatic carbocycles. The minimum Gasteiger partial charge on any atom is -0.384 e. The van der Waals surface area contributed by atoms with Crippen LogP contribution in [-0.2, 0) is 4.79 Å². The zero-order valence-corrected chi connectivity index (χ0v) is 16.7. The normalized spacial score (nSPS) is 19.1. The van der Waals surface area contributed by atoms with Crippen LogP contribution in [0.3, 0.4) is 0 Å². The Morgan fingerprint density at radius 3 is 2.38 bits per heavy atom. The van der Waals surface area contributed by atoms with Gasteiger partial charge in [0.25, 0.3) is 0 Å². The van der Waals surface area contributed by atoms with Crippen LogP contribution in [0.4, 0.5) is 11.4 Å². The van der Waals surface area contributed by atoms with Crippen molar-refractivity contribution in [3.63, 3.8) is 0 Å². The number of anilines is 2. The Hall–Kier alpha value is -3.52. The van der Waals surface area contributed by atoms with Crippen LogP contribution in [-0.4, -0.2) is 19.9 Å². The second kappa shape index (κ2) is 7.48. The van der Waals surface area contributed by atoms with Crippen molar-refractivity contribution in [1.82, 2.24) is 0 Å². The van der Waals surface area contributed by atoms with Crippen LogP contribution in [0.1, 0.15) is 30.7 Å². The van der Waals surface area contributed by atoms with Crippen LogP contribution in [0.5, 0.6) is 0 Å². The molecule has 0 saturated carbocycles. The van der Waals surface area contributed by atoms with Crippen molar-refractivity contribution >= 4 is 17.2 Å². The summed E-state index contributed by atoms with van der Waals surface area (Å²) >= 11 is 0. The third-order valence-corrected chi connectivity index (χ3v) is 5.67. The highest BCUT2D eigenvalue weighted by atomic mass is 16.1. The summed E-state index contributed by atoms with van der Waals surface area (Å²) in [6, 6.07) is 20.0. The standard InChI is InChI=1S/C24H24N4O/c1-27(2)17-13-11-16(12-14-17)22-19(15-25)24(26)28(18-7-4-3-5-8-18)20-9-6-10-21(29)23(20)22/h3-5,7-8,11-14,22H,6,9-10,26H2,1-2H3. The Bertz CT molecular complexity index is 1040. The Balaban J connectivity index is 1.91. The molecule has 1 atom stereocenters. The molecule has 2 aliphatic rings. The molecule has 1 heterocycles. The summed E-state index contributed by atoms with van der Waals surface area (Å²) in [4.78, 5) is 17.0. The first-order valence-corrected chi connectivity index (χ1v) is 9.81. The van der Waals surface area contributed by atoms with Gasteiger partial charge in [0.05, 0.1) is 17.6 Å². The first-order chi connectivity index (χ1) is 14.0. The zero-order valence-electron chi connectivity index (χ0n) is 16.7. The van der Waals surface area contributed by atoms with Gasteiger partial charge < -0.3 is 10.6 Å². The summed E-state index contributed by atoms with van der Waals surface area (Å²) in [6.07, 6.45) is 2.07. The van der Waals surface area contributed by atoms with E-state index < -0.39 is 5.92 Å². The quantitative estimate of drug-likeness (QED) is 0.864. The summed E-state index contributed by atoms with van der Waals surface area (Å²) < 4.78 is 0. The first-order valence-electron chi connectivity index (χ1n) is 9.81. The predicted molar refractivity (Wildman–Crippen MR) is 115 cm³/mol. The average molecular weight is 384 g/mol. The smallest absolute Gasteiger partial charge is 0.161 e. The monoisotopic (exact) mass is 384 g/mol. The topological polar surface area (TPSA) is 73.4 Å². The molecule has 5 nitrogen and oxygen atoms in total. The van der Waals surface area contributed by atoms with E-state index in [4.69, 9.17) is 5.73 Å². The number of Topliss-reactive ketones (excluding diaryl/α,β-unsaturated/α-hetero) is 1. The Morgan fingerprint density at radius 2 is 1.76 bits per heavy atom. The molecule has 146 valence electrons. The van der Waals surface area contributed by atoms with E-state index in [1.165, 1.54) is 0 Å². The summed E-state index contributed by atoms with van der Waals surface area (Å²) in [5.41, 5.74) is 11.5. The van der Waals surface area contributed by atoms with E-state index in [0.717, 1.165) is 35.5 Å². The largest absolute Gasteiger partial charge is 0.384 e. The summed E-state index contributed by atoms with van der Waals surface area (Å²) in [5.74, 6) is 0.0990. The second-order valence-electron chi connectivity index (χ2n) is 7.64. The minimum atomic E-state index is -0.418. The third-order valence-electron chi connectivity index (χ3n) is 5.67. The fraction of sp³-hybridized carbons (Fsp3) is 0.250. The SMILES string of the molecule is CN(C)c1ccc(C2C(C#N)=C(N)N(c3ccccc3)C3=C2C(=O)CCC3)cc1. The maximum atomic E-state index is 13.1. The number of nitriles is 1. The molecule has 5 heteroatoms. The molecule has 0 amide bonds. The Morgan fingerprint density at radius 1 is 1.07 bits per heavy atom. The molecule has 1 aliphatic heterocycles. The number of nitrogens with two attached hydrogens (primary N) is 1. The molecule has 2 aromatic rings. The van der Waals surface area contributed by atoms with E-state index in [1.807, 2.05) is 78.5 Å². The number of ketones is 1. The number of carbonyl (C=O) groups excluding carboxylic acids is 1. The van der Waals surface area contributed by atoms with Crippen LogP contribution in [0.15, 0.2) is 77.3 Å². The Labute approximate surface area is 171 Å². The van der Waals surface area contributed by atoms with Gasteiger partial charge in [0.2, 0.25) is 0 Å². The van der Waals surface area contributed by atoms with Gasteiger partial charge in [-0.15, -0.1) is 0 Å². The van der Waals surface area contributed by atoms with E-state index in [0.29, 0.717) is 23.4 Å². The molecule has 2 N–H and O–H groups in total. The highest BCUT2D eigenvalue weighted by Crippen LogP contribution is 2.46. The van der Waals surface area contributed by atoms with Gasteiger partial charge in [0.15, 0.2) is 5.78 Å². The lowest BCUT2D eigenvalue weighted by Crippen LogP contribution is -2.38. The molecule has 0 radical (unpaired) electrons. The molecular formula is C24H24N4O. The van der Waals surface area contributed by atoms with Gasteiger partial charge in [-0.2, -0.15) is 5.26 Å². The molecular weight excluding hydrogens is 360 g/mol. The minimum absolute atomic E-state index is 0.106. The van der Waals surface area contributed by atoms with Crippen molar-refractivity contribution in [2.75, 3.05) is 23.9 Å². The van der Waals surface area contributed by atoms with Crippen LogP contribution >= 0.6 is 0 Å². The first kappa shape index (κ1) is 18.8. The van der Waals surface area contributed by atoms with Crippen molar-refractivity contribution < 1.29 is 4.79 Å².